The van der Waals surface area contributed by atoms with Gasteiger partial charge in [-0.05, 0) is 43.9 Å². The van der Waals surface area contributed by atoms with Gasteiger partial charge in [0.05, 0.1) is 12.0 Å². The molecule has 0 bridgehead atoms. The Hall–Kier alpha value is -1.34. The van der Waals surface area contributed by atoms with Crippen LogP contribution in [0.25, 0.3) is 0 Å². The van der Waals surface area contributed by atoms with Crippen LogP contribution in [-0.2, 0) is 0 Å². The largest absolute Gasteiger partial charge is 0.348 e. The molecule has 0 heterocycles. The Kier molecular flexibility index (Phi) is 4.03. The van der Waals surface area contributed by atoms with Crippen molar-refractivity contribution < 1.29 is 4.79 Å². The van der Waals surface area contributed by atoms with Crippen molar-refractivity contribution in [3.05, 3.63) is 33.8 Å². The van der Waals surface area contributed by atoms with Crippen molar-refractivity contribution in [1.82, 2.24) is 5.32 Å². The van der Waals surface area contributed by atoms with Gasteiger partial charge in [-0.1, -0.05) is 22.0 Å². The van der Waals surface area contributed by atoms with Gasteiger partial charge in [-0.3, -0.25) is 4.79 Å². The van der Waals surface area contributed by atoms with Crippen LogP contribution < -0.4 is 5.32 Å². The van der Waals surface area contributed by atoms with Crippen molar-refractivity contribution in [3.8, 4) is 6.07 Å². The Morgan fingerprint density at radius 3 is 2.94 bits per heavy atom. The molecule has 1 saturated carbocycles. The fraction of sp³-hybridized carbons (Fsp3) is 0.429. The van der Waals surface area contributed by atoms with E-state index >= 15 is 0 Å². The average Bonchev–Trinajstić information content (AvgIpc) is 2.79. The lowest BCUT2D eigenvalue weighted by Gasteiger charge is -2.15. The number of hydrogen-bond donors (Lipinski definition) is 1. The van der Waals surface area contributed by atoms with Gasteiger partial charge in [-0.25, -0.2) is 0 Å². The Morgan fingerprint density at radius 1 is 1.50 bits per heavy atom. The Bertz CT molecular complexity index is 507. The second kappa shape index (κ2) is 5.53. The van der Waals surface area contributed by atoms with Crippen molar-refractivity contribution >= 4 is 21.8 Å². The zero-order valence-electron chi connectivity index (χ0n) is 10.2. The van der Waals surface area contributed by atoms with Gasteiger partial charge in [-0.2, -0.15) is 5.26 Å². The molecule has 1 aliphatic rings. The van der Waals surface area contributed by atoms with E-state index in [2.05, 4.69) is 27.3 Å². The highest BCUT2D eigenvalue weighted by Crippen LogP contribution is 2.25. The molecule has 4 heteroatoms. The van der Waals surface area contributed by atoms with Gasteiger partial charge in [-0.15, -0.1) is 0 Å². The maximum Gasteiger partial charge on any atom is 0.251 e. The molecule has 0 radical (unpaired) electrons. The molecule has 1 aliphatic carbocycles. The number of amides is 1. The van der Waals surface area contributed by atoms with Gasteiger partial charge >= 0.3 is 0 Å². The first-order valence-electron chi connectivity index (χ1n) is 6.08. The lowest BCUT2D eigenvalue weighted by atomic mass is 10.0. The summed E-state index contributed by atoms with van der Waals surface area (Å²) in [6, 6.07) is 7.81. The van der Waals surface area contributed by atoms with E-state index < -0.39 is 0 Å². The van der Waals surface area contributed by atoms with E-state index in [0.717, 1.165) is 29.3 Å². The molecule has 1 aromatic carbocycles. The third-order valence-electron chi connectivity index (χ3n) is 3.43. The Labute approximate surface area is 115 Å². The van der Waals surface area contributed by atoms with Crippen LogP contribution in [0.4, 0.5) is 0 Å². The van der Waals surface area contributed by atoms with E-state index in [1.165, 1.54) is 0 Å². The summed E-state index contributed by atoms with van der Waals surface area (Å²) in [5, 5.41) is 12.0. The number of benzene rings is 1. The summed E-state index contributed by atoms with van der Waals surface area (Å²) in [7, 11) is 0. The fourth-order valence-electron chi connectivity index (χ4n) is 2.27. The quantitative estimate of drug-likeness (QED) is 0.912. The van der Waals surface area contributed by atoms with Crippen LogP contribution in [0.15, 0.2) is 22.7 Å². The number of aryl methyl sites for hydroxylation is 1. The molecular formula is C14H15BrN2O. The number of nitriles is 1. The molecule has 0 spiro atoms. The summed E-state index contributed by atoms with van der Waals surface area (Å²) in [5.41, 5.74) is 1.73. The molecule has 0 saturated heterocycles. The van der Waals surface area contributed by atoms with Crippen LogP contribution in [0.2, 0.25) is 0 Å². The van der Waals surface area contributed by atoms with Crippen LogP contribution in [-0.4, -0.2) is 11.9 Å². The zero-order valence-corrected chi connectivity index (χ0v) is 11.8. The second-order valence-corrected chi connectivity index (χ2v) is 5.56. The molecule has 18 heavy (non-hydrogen) atoms. The third kappa shape index (κ3) is 2.73. The van der Waals surface area contributed by atoms with E-state index in [1.54, 1.807) is 0 Å². The molecule has 1 fully saturated rings. The number of rotatable bonds is 2. The first-order valence-corrected chi connectivity index (χ1v) is 6.87. The molecule has 0 aliphatic heterocycles. The highest BCUT2D eigenvalue weighted by Gasteiger charge is 2.28. The molecule has 2 atom stereocenters. The summed E-state index contributed by atoms with van der Waals surface area (Å²) >= 11 is 3.42. The lowest BCUT2D eigenvalue weighted by molar-refractivity contribution is 0.0933. The first kappa shape index (κ1) is 13.1. The number of nitrogens with zero attached hydrogens (tertiary/aromatic N) is 1. The minimum Gasteiger partial charge on any atom is -0.348 e. The van der Waals surface area contributed by atoms with Gasteiger partial charge < -0.3 is 5.32 Å². The van der Waals surface area contributed by atoms with E-state index in [-0.39, 0.29) is 17.9 Å². The summed E-state index contributed by atoms with van der Waals surface area (Å²) in [4.78, 5) is 12.1. The van der Waals surface area contributed by atoms with Crippen molar-refractivity contribution in [2.45, 2.75) is 32.2 Å². The average molecular weight is 307 g/mol. The Morgan fingerprint density at radius 2 is 2.28 bits per heavy atom. The predicted molar refractivity (Wildman–Crippen MR) is 73.1 cm³/mol. The van der Waals surface area contributed by atoms with Gasteiger partial charge in [0.1, 0.15) is 0 Å². The standard InChI is InChI=1S/C14H15BrN2O/c1-9-5-6-10(7-12(9)15)14(18)17-13-4-2-3-11(13)8-16/h5-7,11,13H,2-4H2,1H3,(H,17,18). The normalized spacial score (nSPS) is 22.5. The molecule has 0 aromatic heterocycles. The SMILES string of the molecule is Cc1ccc(C(=O)NC2CCCC2C#N)cc1Br. The fourth-order valence-corrected chi connectivity index (χ4v) is 2.65. The van der Waals surface area contributed by atoms with Crippen LogP contribution in [0, 0.1) is 24.2 Å². The Balaban J connectivity index is 2.08. The number of halogens is 1. The van der Waals surface area contributed by atoms with Gasteiger partial charge in [0.25, 0.3) is 5.91 Å². The summed E-state index contributed by atoms with van der Waals surface area (Å²) in [6.07, 6.45) is 2.80. The van der Waals surface area contributed by atoms with E-state index in [1.807, 2.05) is 25.1 Å². The van der Waals surface area contributed by atoms with Crippen LogP contribution in [0.1, 0.15) is 35.2 Å². The summed E-state index contributed by atoms with van der Waals surface area (Å²) in [5.74, 6) is -0.134. The van der Waals surface area contributed by atoms with E-state index in [0.29, 0.717) is 5.56 Å². The minimum absolute atomic E-state index is 0.00239. The predicted octanol–water partition coefficient (Wildman–Crippen LogP) is 3.18. The van der Waals surface area contributed by atoms with E-state index in [4.69, 9.17) is 5.26 Å². The smallest absolute Gasteiger partial charge is 0.251 e. The number of nitrogens with one attached hydrogen (secondary N) is 1. The van der Waals surface area contributed by atoms with Crippen LogP contribution in [0.5, 0.6) is 0 Å². The van der Waals surface area contributed by atoms with Crippen LogP contribution >= 0.6 is 15.9 Å². The first-order chi connectivity index (χ1) is 8.61. The number of hydrogen-bond acceptors (Lipinski definition) is 2. The molecule has 1 amide bonds. The molecule has 3 nitrogen and oxygen atoms in total. The van der Waals surface area contributed by atoms with Crippen LogP contribution in [0.3, 0.4) is 0 Å². The van der Waals surface area contributed by atoms with Gasteiger partial charge in [0.2, 0.25) is 0 Å². The molecule has 2 unspecified atom stereocenters. The molecule has 94 valence electrons. The topological polar surface area (TPSA) is 52.9 Å². The van der Waals surface area contributed by atoms with E-state index in [9.17, 15) is 4.79 Å². The minimum atomic E-state index is -0.0946. The highest BCUT2D eigenvalue weighted by molar-refractivity contribution is 9.10. The van der Waals surface area contributed by atoms with Crippen molar-refractivity contribution in [1.29, 1.82) is 5.26 Å². The maximum atomic E-state index is 12.1. The zero-order chi connectivity index (χ0) is 13.1. The lowest BCUT2D eigenvalue weighted by Crippen LogP contribution is -2.36. The number of carbonyl (C=O) groups excluding carboxylic acids is 1. The summed E-state index contributed by atoms with van der Waals surface area (Å²) in [6.45, 7) is 1.98. The number of carbonyl (C=O) groups is 1. The summed E-state index contributed by atoms with van der Waals surface area (Å²) < 4.78 is 0.929. The van der Waals surface area contributed by atoms with Gasteiger partial charge in [0.15, 0.2) is 0 Å². The second-order valence-electron chi connectivity index (χ2n) is 4.71. The van der Waals surface area contributed by atoms with Crippen molar-refractivity contribution in [2.75, 3.05) is 0 Å². The molecule has 1 aromatic rings. The monoisotopic (exact) mass is 306 g/mol. The molecular weight excluding hydrogens is 292 g/mol. The van der Waals surface area contributed by atoms with Crippen molar-refractivity contribution in [3.63, 3.8) is 0 Å². The third-order valence-corrected chi connectivity index (χ3v) is 4.29. The molecule has 2 rings (SSSR count). The van der Waals surface area contributed by atoms with Crippen molar-refractivity contribution in [2.24, 2.45) is 5.92 Å². The molecule has 1 N–H and O–H groups in total. The highest BCUT2D eigenvalue weighted by atomic mass is 79.9. The van der Waals surface area contributed by atoms with Gasteiger partial charge in [0, 0.05) is 16.1 Å². The maximum absolute atomic E-state index is 12.1.